The molecule has 0 bridgehead atoms. The van der Waals surface area contributed by atoms with E-state index >= 15 is 0 Å². The van der Waals surface area contributed by atoms with E-state index < -0.39 is 23.2 Å². The molecule has 1 aromatic carbocycles. The molecule has 2 rings (SSSR count). The van der Waals surface area contributed by atoms with Gasteiger partial charge in [0.2, 0.25) is 5.91 Å². The van der Waals surface area contributed by atoms with Gasteiger partial charge < -0.3 is 10.4 Å². The van der Waals surface area contributed by atoms with Crippen molar-refractivity contribution in [1.82, 2.24) is 5.32 Å². The largest absolute Gasteiger partial charge is 0.481 e. The first kappa shape index (κ1) is 14.6. The van der Waals surface area contributed by atoms with E-state index in [2.05, 4.69) is 5.32 Å². The molecule has 4 nitrogen and oxygen atoms in total. The van der Waals surface area contributed by atoms with Gasteiger partial charge in [0, 0.05) is 0 Å². The van der Waals surface area contributed by atoms with Gasteiger partial charge in [0.15, 0.2) is 0 Å². The van der Waals surface area contributed by atoms with Crippen molar-refractivity contribution in [3.63, 3.8) is 0 Å². The minimum Gasteiger partial charge on any atom is -0.481 e. The average Bonchev–Trinajstić information content (AvgIpc) is 3.00. The third-order valence-electron chi connectivity index (χ3n) is 4.30. The highest BCUT2D eigenvalue weighted by Crippen LogP contribution is 2.58. The van der Waals surface area contributed by atoms with Crippen LogP contribution in [-0.2, 0) is 9.59 Å². The Bertz CT molecular complexity index is 510. The Morgan fingerprint density at radius 3 is 2.30 bits per heavy atom. The molecular weight excluding hydrogens is 254 g/mol. The van der Waals surface area contributed by atoms with Crippen LogP contribution in [0.3, 0.4) is 0 Å². The van der Waals surface area contributed by atoms with Crippen molar-refractivity contribution >= 4 is 11.9 Å². The van der Waals surface area contributed by atoms with Crippen molar-refractivity contribution in [3.05, 3.63) is 35.9 Å². The molecule has 4 heteroatoms. The molecule has 3 atom stereocenters. The van der Waals surface area contributed by atoms with Gasteiger partial charge in [-0.2, -0.15) is 0 Å². The van der Waals surface area contributed by atoms with E-state index in [0.717, 1.165) is 12.0 Å². The fourth-order valence-electron chi connectivity index (χ4n) is 2.96. The summed E-state index contributed by atoms with van der Waals surface area (Å²) >= 11 is 0. The van der Waals surface area contributed by atoms with Gasteiger partial charge in [-0.25, -0.2) is 0 Å². The van der Waals surface area contributed by atoms with Gasteiger partial charge in [-0.15, -0.1) is 0 Å². The molecule has 1 fully saturated rings. The molecule has 0 radical (unpaired) electrons. The number of amides is 1. The summed E-state index contributed by atoms with van der Waals surface area (Å²) in [7, 11) is 0. The number of carbonyl (C=O) groups excluding carboxylic acids is 1. The van der Waals surface area contributed by atoms with Crippen molar-refractivity contribution in [2.75, 3.05) is 0 Å². The molecule has 20 heavy (non-hydrogen) atoms. The van der Waals surface area contributed by atoms with Crippen LogP contribution in [0.5, 0.6) is 0 Å². The molecule has 108 valence electrons. The maximum Gasteiger partial charge on any atom is 0.307 e. The molecule has 2 N–H and O–H groups in total. The van der Waals surface area contributed by atoms with Gasteiger partial charge in [0.25, 0.3) is 0 Å². The van der Waals surface area contributed by atoms with Crippen LogP contribution in [0.25, 0.3) is 0 Å². The second-order valence-electron chi connectivity index (χ2n) is 6.00. The zero-order valence-electron chi connectivity index (χ0n) is 12.1. The fraction of sp³-hybridized carbons (Fsp3) is 0.500. The number of hydrogen-bond acceptors (Lipinski definition) is 2. The monoisotopic (exact) mass is 275 g/mol. The molecule has 0 aliphatic heterocycles. The minimum atomic E-state index is -0.886. The van der Waals surface area contributed by atoms with Crippen LogP contribution in [0.4, 0.5) is 0 Å². The predicted octanol–water partition coefficient (Wildman–Crippen LogP) is 2.61. The van der Waals surface area contributed by atoms with E-state index in [1.807, 2.05) is 51.1 Å². The molecule has 1 aliphatic rings. The lowest BCUT2D eigenvalue weighted by Crippen LogP contribution is -2.31. The molecule has 0 spiro atoms. The second kappa shape index (κ2) is 5.27. The Hall–Kier alpha value is -1.84. The number of aliphatic carboxylic acids is 1. The number of nitrogens with one attached hydrogen (secondary N) is 1. The van der Waals surface area contributed by atoms with E-state index in [0.29, 0.717) is 0 Å². The van der Waals surface area contributed by atoms with Crippen molar-refractivity contribution in [3.8, 4) is 0 Å². The first-order chi connectivity index (χ1) is 9.39. The number of benzene rings is 1. The summed E-state index contributed by atoms with van der Waals surface area (Å²) in [6.07, 6.45) is 0.778. The topological polar surface area (TPSA) is 66.4 Å². The van der Waals surface area contributed by atoms with Crippen LogP contribution in [0, 0.1) is 17.3 Å². The molecule has 3 unspecified atom stereocenters. The Labute approximate surface area is 119 Å². The molecule has 0 aromatic heterocycles. The summed E-state index contributed by atoms with van der Waals surface area (Å²) in [5.41, 5.74) is 0.596. The predicted molar refractivity (Wildman–Crippen MR) is 76.0 cm³/mol. The Kier molecular flexibility index (Phi) is 3.84. The number of carboxylic acids is 1. The number of hydrogen-bond donors (Lipinski definition) is 2. The summed E-state index contributed by atoms with van der Waals surface area (Å²) in [5.74, 6) is -2.05. The maximum atomic E-state index is 12.3. The molecule has 1 aliphatic carbocycles. The Balaban J connectivity index is 2.07. The smallest absolute Gasteiger partial charge is 0.307 e. The maximum absolute atomic E-state index is 12.3. The highest BCUT2D eigenvalue weighted by Gasteiger charge is 2.65. The summed E-state index contributed by atoms with van der Waals surface area (Å²) in [6, 6.07) is 9.69. The van der Waals surface area contributed by atoms with Crippen LogP contribution < -0.4 is 5.32 Å². The average molecular weight is 275 g/mol. The Morgan fingerprint density at radius 1 is 1.25 bits per heavy atom. The van der Waals surface area contributed by atoms with Gasteiger partial charge >= 0.3 is 5.97 Å². The summed E-state index contributed by atoms with van der Waals surface area (Å²) in [6.45, 7) is 5.67. The summed E-state index contributed by atoms with van der Waals surface area (Å²) < 4.78 is 0. The van der Waals surface area contributed by atoms with Gasteiger partial charge in [0.1, 0.15) is 0 Å². The number of carboxylic acid groups (broad SMARTS) is 1. The first-order valence-corrected chi connectivity index (χ1v) is 6.97. The lowest BCUT2D eigenvalue weighted by molar-refractivity contribution is -0.140. The van der Waals surface area contributed by atoms with E-state index in [1.54, 1.807) is 0 Å². The summed E-state index contributed by atoms with van der Waals surface area (Å²) in [4.78, 5) is 23.4. The third kappa shape index (κ3) is 2.55. The zero-order valence-corrected chi connectivity index (χ0v) is 12.1. The van der Waals surface area contributed by atoms with E-state index in [9.17, 15) is 9.59 Å². The SMILES string of the molecule is CCC(NC(=O)C1C(C(=O)O)C1(C)C)c1ccccc1. The zero-order chi connectivity index (χ0) is 14.9. The number of rotatable bonds is 5. The lowest BCUT2D eigenvalue weighted by Gasteiger charge is -2.18. The molecule has 0 heterocycles. The summed E-state index contributed by atoms with van der Waals surface area (Å²) in [5, 5.41) is 12.1. The number of carbonyl (C=O) groups is 2. The molecule has 1 aromatic rings. The standard InChI is InChI=1S/C16H21NO3/c1-4-11(10-8-6-5-7-9-10)17-14(18)12-13(15(19)20)16(12,2)3/h5-9,11-13H,4H2,1-3H3,(H,17,18)(H,19,20). The van der Waals surface area contributed by atoms with Crippen molar-refractivity contribution < 1.29 is 14.7 Å². The van der Waals surface area contributed by atoms with Gasteiger partial charge in [0.05, 0.1) is 17.9 Å². The second-order valence-corrected chi connectivity index (χ2v) is 6.00. The van der Waals surface area contributed by atoms with Gasteiger partial charge in [-0.05, 0) is 17.4 Å². The van der Waals surface area contributed by atoms with Crippen LogP contribution in [0.15, 0.2) is 30.3 Å². The van der Waals surface area contributed by atoms with Crippen LogP contribution in [-0.4, -0.2) is 17.0 Å². The fourth-order valence-corrected chi connectivity index (χ4v) is 2.96. The van der Waals surface area contributed by atoms with Crippen LogP contribution in [0.1, 0.15) is 38.8 Å². The van der Waals surface area contributed by atoms with E-state index in [-0.39, 0.29) is 11.9 Å². The lowest BCUT2D eigenvalue weighted by atomic mass is 10.0. The highest BCUT2D eigenvalue weighted by molar-refractivity contribution is 5.91. The normalized spacial score (nSPS) is 24.8. The Morgan fingerprint density at radius 2 is 1.85 bits per heavy atom. The van der Waals surface area contributed by atoms with Crippen LogP contribution in [0.2, 0.25) is 0 Å². The van der Waals surface area contributed by atoms with Crippen molar-refractivity contribution in [2.24, 2.45) is 17.3 Å². The van der Waals surface area contributed by atoms with Crippen LogP contribution >= 0.6 is 0 Å². The van der Waals surface area contributed by atoms with E-state index in [1.165, 1.54) is 0 Å². The van der Waals surface area contributed by atoms with E-state index in [4.69, 9.17) is 5.11 Å². The third-order valence-corrected chi connectivity index (χ3v) is 4.30. The molecule has 1 amide bonds. The molecular formula is C16H21NO3. The first-order valence-electron chi connectivity index (χ1n) is 6.97. The molecule has 1 saturated carbocycles. The molecule has 0 saturated heterocycles. The minimum absolute atomic E-state index is 0.0606. The van der Waals surface area contributed by atoms with Crippen molar-refractivity contribution in [2.45, 2.75) is 33.2 Å². The van der Waals surface area contributed by atoms with Crippen molar-refractivity contribution in [1.29, 1.82) is 0 Å². The van der Waals surface area contributed by atoms with Gasteiger partial charge in [-0.3, -0.25) is 9.59 Å². The van der Waals surface area contributed by atoms with Gasteiger partial charge in [-0.1, -0.05) is 51.1 Å². The highest BCUT2D eigenvalue weighted by atomic mass is 16.4. The quantitative estimate of drug-likeness (QED) is 0.868.